The van der Waals surface area contributed by atoms with Gasteiger partial charge in [0, 0.05) is 0 Å². The maximum Gasteiger partial charge on any atom is -0.0132 e. The van der Waals surface area contributed by atoms with Gasteiger partial charge in [0.05, 0.1) is 0 Å². The first-order valence-electron chi connectivity index (χ1n) is 13.8. The molecule has 0 heteroatoms. The van der Waals surface area contributed by atoms with Gasteiger partial charge in [-0.1, -0.05) is 134 Å². The Kier molecular flexibility index (Phi) is 11.1. The summed E-state index contributed by atoms with van der Waals surface area (Å²) in [5, 5.41) is 0. The maximum atomic E-state index is 2.45. The third-order valence-electron chi connectivity index (χ3n) is 6.93. The van der Waals surface area contributed by atoms with Crippen LogP contribution in [0.15, 0.2) is 30.3 Å². The maximum absolute atomic E-state index is 2.45. The van der Waals surface area contributed by atoms with Gasteiger partial charge in [-0.2, -0.15) is 0 Å². The van der Waals surface area contributed by atoms with Crippen LogP contribution in [0.1, 0.15) is 178 Å². The minimum absolute atomic E-state index is 0.225. The lowest BCUT2D eigenvalue weighted by Crippen LogP contribution is -2.15. The highest BCUT2D eigenvalue weighted by Crippen LogP contribution is 2.37. The van der Waals surface area contributed by atoms with Gasteiger partial charge in [-0.15, -0.1) is 0 Å². The second-order valence-electron chi connectivity index (χ2n) is 13.1. The lowest BCUT2D eigenvalue weighted by atomic mass is 9.77. The molecule has 0 saturated heterocycles. The van der Waals surface area contributed by atoms with Crippen LogP contribution in [-0.4, -0.2) is 0 Å². The molecule has 192 valence electrons. The van der Waals surface area contributed by atoms with Crippen molar-refractivity contribution in [2.24, 2.45) is 0 Å². The molecular weight excluding hydrogens is 408 g/mol. The highest BCUT2D eigenvalue weighted by molar-refractivity contribution is 5.46. The summed E-state index contributed by atoms with van der Waals surface area (Å²) in [5.74, 6) is 3.67. The van der Waals surface area contributed by atoms with Gasteiger partial charge < -0.3 is 0 Å². The molecule has 0 spiro atoms. The topological polar surface area (TPSA) is 0 Å². The van der Waals surface area contributed by atoms with Crippen molar-refractivity contribution in [3.8, 4) is 0 Å². The number of hydrogen-bond acceptors (Lipinski definition) is 0. The summed E-state index contributed by atoms with van der Waals surface area (Å²) in [4.78, 5) is 0. The second-order valence-corrected chi connectivity index (χ2v) is 13.1. The molecule has 34 heavy (non-hydrogen) atoms. The first-order valence-corrected chi connectivity index (χ1v) is 13.8. The molecule has 2 aromatic carbocycles. The summed E-state index contributed by atoms with van der Waals surface area (Å²) < 4.78 is 0. The van der Waals surface area contributed by atoms with E-state index in [1.807, 2.05) is 0 Å². The van der Waals surface area contributed by atoms with E-state index in [9.17, 15) is 0 Å². The van der Waals surface area contributed by atoms with Crippen LogP contribution >= 0.6 is 0 Å². The van der Waals surface area contributed by atoms with Gasteiger partial charge in [0.1, 0.15) is 0 Å². The predicted octanol–water partition coefficient (Wildman–Crippen LogP) is 11.4. The summed E-state index contributed by atoms with van der Waals surface area (Å²) in [6.07, 6.45) is 0. The second kappa shape index (κ2) is 12.4. The van der Waals surface area contributed by atoms with E-state index in [1.54, 1.807) is 22.3 Å². The summed E-state index contributed by atoms with van der Waals surface area (Å²) in [5.41, 5.74) is 11.0. The molecule has 0 bridgehead atoms. The third kappa shape index (κ3) is 7.73. The molecule has 0 aliphatic rings. The smallest absolute Gasteiger partial charge is 0.0132 e. The molecule has 0 radical (unpaired) electrons. The Bertz CT molecular complexity index is 843. The Labute approximate surface area is 214 Å². The molecular formula is C34H56. The van der Waals surface area contributed by atoms with Gasteiger partial charge in [0.25, 0.3) is 0 Å². The molecule has 0 aromatic heterocycles. The Morgan fingerprint density at radius 3 is 0.971 bits per heavy atom. The molecule has 0 N–H and O–H groups in total. The zero-order chi connectivity index (χ0) is 26.5. The van der Waals surface area contributed by atoms with E-state index in [4.69, 9.17) is 0 Å². The van der Waals surface area contributed by atoms with E-state index in [2.05, 4.69) is 134 Å². The molecule has 0 aliphatic heterocycles. The fourth-order valence-corrected chi connectivity index (χ4v) is 5.03. The van der Waals surface area contributed by atoms with Gasteiger partial charge in [0.2, 0.25) is 0 Å². The third-order valence-corrected chi connectivity index (χ3v) is 6.93. The van der Waals surface area contributed by atoms with E-state index in [0.717, 1.165) is 0 Å². The van der Waals surface area contributed by atoms with Gasteiger partial charge in [-0.05, 0) is 79.9 Å². The van der Waals surface area contributed by atoms with Crippen molar-refractivity contribution in [1.82, 2.24) is 0 Å². The molecule has 0 amide bonds. The summed E-state index contributed by atoms with van der Waals surface area (Å²) >= 11 is 0. The quantitative estimate of drug-likeness (QED) is 0.398. The first kappa shape index (κ1) is 30.5. The Balaban J connectivity index is 0.000000350. The fourth-order valence-electron chi connectivity index (χ4n) is 5.03. The van der Waals surface area contributed by atoms with E-state index in [-0.39, 0.29) is 5.41 Å². The fraction of sp³-hybridized carbons (Fsp3) is 0.647. The van der Waals surface area contributed by atoms with Gasteiger partial charge in [-0.25, -0.2) is 0 Å². The van der Waals surface area contributed by atoms with Crippen LogP contribution in [0.3, 0.4) is 0 Å². The molecule has 0 aliphatic carbocycles. The van der Waals surface area contributed by atoms with Crippen LogP contribution in [0.5, 0.6) is 0 Å². The van der Waals surface area contributed by atoms with Crippen molar-refractivity contribution < 1.29 is 0 Å². The van der Waals surface area contributed by atoms with Crippen LogP contribution in [0.25, 0.3) is 0 Å². The van der Waals surface area contributed by atoms with E-state index < -0.39 is 0 Å². The highest BCUT2D eigenvalue weighted by Gasteiger charge is 2.22. The van der Waals surface area contributed by atoms with Crippen LogP contribution in [0.4, 0.5) is 0 Å². The normalized spacial score (nSPS) is 12.4. The Morgan fingerprint density at radius 2 is 0.735 bits per heavy atom. The lowest BCUT2D eigenvalue weighted by molar-refractivity contribution is 0.584. The van der Waals surface area contributed by atoms with Crippen LogP contribution in [0.2, 0.25) is 0 Å². The van der Waals surface area contributed by atoms with Crippen molar-refractivity contribution in [1.29, 1.82) is 0 Å². The minimum Gasteiger partial charge on any atom is -0.0617 e. The van der Waals surface area contributed by atoms with E-state index in [0.29, 0.717) is 35.5 Å². The molecule has 0 heterocycles. The molecule has 0 saturated carbocycles. The molecule has 0 unspecified atom stereocenters. The van der Waals surface area contributed by atoms with E-state index in [1.165, 1.54) is 16.7 Å². The molecule has 2 rings (SSSR count). The monoisotopic (exact) mass is 464 g/mol. The molecule has 2 aromatic rings. The minimum atomic E-state index is 0.225. The van der Waals surface area contributed by atoms with Gasteiger partial charge in [0.15, 0.2) is 0 Å². The summed E-state index contributed by atoms with van der Waals surface area (Å²) in [7, 11) is 0. The molecule has 0 fully saturated rings. The molecule has 0 nitrogen and oxygen atoms in total. The largest absolute Gasteiger partial charge is 0.0617 e. The summed E-state index contributed by atoms with van der Waals surface area (Å²) in [6.45, 7) is 34.6. The van der Waals surface area contributed by atoms with Crippen molar-refractivity contribution in [3.05, 3.63) is 69.3 Å². The van der Waals surface area contributed by atoms with Crippen molar-refractivity contribution in [2.75, 3.05) is 0 Å². The summed E-state index contributed by atoms with van der Waals surface area (Å²) in [6, 6.07) is 11.7. The van der Waals surface area contributed by atoms with Crippen molar-refractivity contribution >= 4 is 0 Å². The standard InChI is InChI=1S/C19H32.C15H24/c1-12(2)16-10-15(19(7,8)9)11-17(13(3)4)18(16)14(5)6;1-10(2)13-8-7-9-14(11(3)4)15(13)12(5)6/h10-14H,1-9H3;7-12H,1-6H3. The highest BCUT2D eigenvalue weighted by atomic mass is 14.3. The number of hydrogen-bond donors (Lipinski definition) is 0. The number of rotatable bonds is 6. The van der Waals surface area contributed by atoms with Gasteiger partial charge in [-0.3, -0.25) is 0 Å². The zero-order valence-corrected chi connectivity index (χ0v) is 25.4. The van der Waals surface area contributed by atoms with Crippen molar-refractivity contribution in [2.45, 2.75) is 145 Å². The lowest BCUT2D eigenvalue weighted by Gasteiger charge is -2.28. The predicted molar refractivity (Wildman–Crippen MR) is 156 cm³/mol. The average Bonchev–Trinajstić information content (AvgIpc) is 2.71. The Hall–Kier alpha value is -1.56. The van der Waals surface area contributed by atoms with Crippen molar-refractivity contribution in [3.63, 3.8) is 0 Å². The van der Waals surface area contributed by atoms with Gasteiger partial charge >= 0.3 is 0 Å². The number of benzene rings is 2. The van der Waals surface area contributed by atoms with E-state index >= 15 is 0 Å². The first-order chi connectivity index (χ1) is 15.5. The zero-order valence-electron chi connectivity index (χ0n) is 25.4. The van der Waals surface area contributed by atoms with Crippen LogP contribution in [-0.2, 0) is 5.41 Å². The Morgan fingerprint density at radius 1 is 0.441 bits per heavy atom. The SMILES string of the molecule is CC(C)c1cc(C(C)(C)C)cc(C(C)C)c1C(C)C.CC(C)c1cccc(C(C)C)c1C(C)C. The van der Waals surface area contributed by atoms with Crippen LogP contribution < -0.4 is 0 Å². The van der Waals surface area contributed by atoms with Crippen LogP contribution in [0, 0.1) is 0 Å². The molecule has 0 atom stereocenters. The average molecular weight is 465 g/mol.